The molecule has 1 saturated heterocycles. The second kappa shape index (κ2) is 4.65. The zero-order chi connectivity index (χ0) is 14.3. The van der Waals surface area contributed by atoms with Crippen LogP contribution in [0.5, 0.6) is 11.9 Å². The van der Waals surface area contributed by atoms with Gasteiger partial charge < -0.3 is 18.8 Å². The second-order valence-corrected chi connectivity index (χ2v) is 5.41. The van der Waals surface area contributed by atoms with E-state index in [1.54, 1.807) is 6.07 Å². The summed E-state index contributed by atoms with van der Waals surface area (Å²) in [5.74, 6) is 0.413. The Morgan fingerprint density at radius 3 is 2.05 bits per heavy atom. The van der Waals surface area contributed by atoms with Crippen molar-refractivity contribution in [3.05, 3.63) is 6.07 Å². The van der Waals surface area contributed by atoms with Gasteiger partial charge in [-0.15, -0.1) is 0 Å². The zero-order valence-corrected chi connectivity index (χ0v) is 12.2. The third kappa shape index (κ3) is 2.53. The molecule has 7 heteroatoms. The highest BCUT2D eigenvalue weighted by molar-refractivity contribution is 6.61. The minimum atomic E-state index is -0.559. The van der Waals surface area contributed by atoms with Crippen LogP contribution in [0.1, 0.15) is 27.7 Å². The van der Waals surface area contributed by atoms with Gasteiger partial charge in [0.1, 0.15) is 0 Å². The number of ether oxygens (including phenoxy) is 2. The van der Waals surface area contributed by atoms with E-state index in [1.807, 2.05) is 27.7 Å². The molecule has 0 radical (unpaired) electrons. The van der Waals surface area contributed by atoms with Crippen LogP contribution in [0.4, 0.5) is 0 Å². The Balaban J connectivity index is 2.33. The first-order chi connectivity index (χ1) is 8.79. The van der Waals surface area contributed by atoms with Crippen molar-refractivity contribution in [3.8, 4) is 11.9 Å². The number of methoxy groups -OCH3 is 2. The van der Waals surface area contributed by atoms with Crippen LogP contribution in [-0.2, 0) is 9.31 Å². The fraction of sp³-hybridized carbons (Fsp3) is 0.667. The summed E-state index contributed by atoms with van der Waals surface area (Å²) in [4.78, 5) is 8.30. The van der Waals surface area contributed by atoms with Gasteiger partial charge in [-0.2, -0.15) is 4.98 Å². The number of rotatable bonds is 3. The van der Waals surface area contributed by atoms with Crippen LogP contribution in [0.3, 0.4) is 0 Å². The minimum Gasteiger partial charge on any atom is -0.481 e. The van der Waals surface area contributed by atoms with Crippen molar-refractivity contribution in [2.45, 2.75) is 38.9 Å². The Bertz CT molecular complexity index is 441. The highest BCUT2D eigenvalue weighted by Crippen LogP contribution is 2.36. The van der Waals surface area contributed by atoms with Crippen LogP contribution in [0.2, 0.25) is 0 Å². The molecule has 19 heavy (non-hydrogen) atoms. The molecule has 6 nitrogen and oxygen atoms in total. The van der Waals surface area contributed by atoms with E-state index in [9.17, 15) is 0 Å². The molecular formula is C12H19BN2O4. The Morgan fingerprint density at radius 1 is 1.00 bits per heavy atom. The maximum Gasteiger partial charge on any atom is 0.514 e. The van der Waals surface area contributed by atoms with Crippen molar-refractivity contribution < 1.29 is 18.8 Å². The maximum absolute atomic E-state index is 5.93. The Hall–Kier alpha value is -1.34. The van der Waals surface area contributed by atoms with Gasteiger partial charge in [0.05, 0.1) is 31.0 Å². The third-order valence-corrected chi connectivity index (χ3v) is 3.59. The highest BCUT2D eigenvalue weighted by atomic mass is 16.7. The molecule has 0 N–H and O–H groups in total. The number of hydrogen-bond acceptors (Lipinski definition) is 6. The number of aromatic nitrogens is 2. The largest absolute Gasteiger partial charge is 0.514 e. The van der Waals surface area contributed by atoms with Gasteiger partial charge in [0, 0.05) is 6.07 Å². The van der Waals surface area contributed by atoms with Crippen LogP contribution in [0, 0.1) is 0 Å². The van der Waals surface area contributed by atoms with E-state index in [0.717, 1.165) is 0 Å². The predicted octanol–water partition coefficient (Wildman–Crippen LogP) is 0.793. The van der Waals surface area contributed by atoms with Gasteiger partial charge in [0.25, 0.3) is 0 Å². The molecule has 0 unspecified atom stereocenters. The summed E-state index contributed by atoms with van der Waals surface area (Å²) in [6.45, 7) is 7.95. The summed E-state index contributed by atoms with van der Waals surface area (Å²) in [5, 5.41) is 0. The molecule has 2 rings (SSSR count). The molecule has 1 aliphatic rings. The minimum absolute atomic E-state index is 0.226. The van der Waals surface area contributed by atoms with Crippen LogP contribution < -0.4 is 15.1 Å². The Morgan fingerprint density at radius 2 is 1.58 bits per heavy atom. The first-order valence-corrected chi connectivity index (χ1v) is 6.11. The molecule has 0 atom stereocenters. The average Bonchev–Trinajstić information content (AvgIpc) is 2.58. The fourth-order valence-corrected chi connectivity index (χ4v) is 1.70. The predicted molar refractivity (Wildman–Crippen MR) is 70.9 cm³/mol. The lowest BCUT2D eigenvalue weighted by Gasteiger charge is -2.32. The standard InChI is InChI=1S/C12H19BN2O4/c1-11(2)12(3,4)19-13(18-11)8-7-9(16-5)15-10(14-8)17-6/h7H,1-6H3. The van der Waals surface area contributed by atoms with E-state index in [1.165, 1.54) is 14.2 Å². The SMILES string of the molecule is COc1cc(B2OC(C)(C)C(C)(C)O2)nc(OC)n1. The lowest BCUT2D eigenvalue weighted by atomic mass is 9.84. The molecule has 0 aliphatic carbocycles. The summed E-state index contributed by atoms with van der Waals surface area (Å²) in [7, 11) is 2.48. The van der Waals surface area contributed by atoms with E-state index in [0.29, 0.717) is 11.5 Å². The van der Waals surface area contributed by atoms with Gasteiger partial charge >= 0.3 is 13.1 Å². The van der Waals surface area contributed by atoms with Crippen molar-refractivity contribution >= 4 is 12.7 Å². The van der Waals surface area contributed by atoms with Crippen molar-refractivity contribution in [2.75, 3.05) is 14.2 Å². The Labute approximate surface area is 113 Å². The van der Waals surface area contributed by atoms with Gasteiger partial charge in [-0.05, 0) is 27.7 Å². The number of nitrogens with zero attached hydrogens (tertiary/aromatic N) is 2. The van der Waals surface area contributed by atoms with E-state index >= 15 is 0 Å². The van der Waals surface area contributed by atoms with Crippen LogP contribution in [0.25, 0.3) is 0 Å². The molecule has 0 saturated carbocycles. The van der Waals surface area contributed by atoms with Crippen molar-refractivity contribution in [1.82, 2.24) is 9.97 Å². The van der Waals surface area contributed by atoms with E-state index in [2.05, 4.69) is 9.97 Å². The maximum atomic E-state index is 5.93. The summed E-state index contributed by atoms with van der Waals surface area (Å²) < 4.78 is 22.0. The molecule has 1 aliphatic heterocycles. The molecule has 0 spiro atoms. The van der Waals surface area contributed by atoms with Crippen molar-refractivity contribution in [3.63, 3.8) is 0 Å². The lowest BCUT2D eigenvalue weighted by molar-refractivity contribution is 0.00578. The van der Waals surface area contributed by atoms with Gasteiger partial charge in [0.15, 0.2) is 0 Å². The molecule has 104 valence electrons. The summed E-state index contributed by atoms with van der Waals surface area (Å²) in [6.07, 6.45) is 0. The Kier molecular flexibility index (Phi) is 3.44. The molecule has 0 aromatic carbocycles. The van der Waals surface area contributed by atoms with Crippen molar-refractivity contribution in [1.29, 1.82) is 0 Å². The van der Waals surface area contributed by atoms with Crippen molar-refractivity contribution in [2.24, 2.45) is 0 Å². The molecule has 2 heterocycles. The fourth-order valence-electron chi connectivity index (χ4n) is 1.70. The summed E-state index contributed by atoms with van der Waals surface area (Å²) in [5.41, 5.74) is -0.242. The van der Waals surface area contributed by atoms with Crippen LogP contribution >= 0.6 is 0 Å². The molecule has 1 aromatic rings. The normalized spacial score (nSPS) is 20.4. The monoisotopic (exact) mass is 266 g/mol. The van der Waals surface area contributed by atoms with E-state index < -0.39 is 18.3 Å². The quantitative estimate of drug-likeness (QED) is 0.754. The average molecular weight is 266 g/mol. The molecule has 1 fully saturated rings. The first kappa shape index (κ1) is 14.1. The number of hydrogen-bond donors (Lipinski definition) is 0. The van der Waals surface area contributed by atoms with Crippen LogP contribution in [0.15, 0.2) is 6.07 Å². The molecular weight excluding hydrogens is 247 g/mol. The van der Waals surface area contributed by atoms with Gasteiger partial charge in [-0.1, -0.05) is 0 Å². The molecule has 0 bridgehead atoms. The zero-order valence-electron chi connectivity index (χ0n) is 12.2. The van der Waals surface area contributed by atoms with E-state index in [4.69, 9.17) is 18.8 Å². The topological polar surface area (TPSA) is 62.7 Å². The summed E-state index contributed by atoms with van der Waals surface area (Å²) in [6, 6.07) is 1.91. The van der Waals surface area contributed by atoms with Gasteiger partial charge in [-0.3, -0.25) is 0 Å². The summed E-state index contributed by atoms with van der Waals surface area (Å²) >= 11 is 0. The lowest BCUT2D eigenvalue weighted by Crippen LogP contribution is -2.41. The second-order valence-electron chi connectivity index (χ2n) is 5.41. The van der Waals surface area contributed by atoms with Crippen LogP contribution in [-0.4, -0.2) is 42.5 Å². The first-order valence-electron chi connectivity index (χ1n) is 6.11. The molecule has 0 amide bonds. The molecule has 1 aromatic heterocycles. The van der Waals surface area contributed by atoms with E-state index in [-0.39, 0.29) is 6.01 Å². The smallest absolute Gasteiger partial charge is 0.481 e. The van der Waals surface area contributed by atoms with Gasteiger partial charge in [0.2, 0.25) is 5.88 Å². The third-order valence-electron chi connectivity index (χ3n) is 3.59. The highest BCUT2D eigenvalue weighted by Gasteiger charge is 2.52. The van der Waals surface area contributed by atoms with Gasteiger partial charge in [-0.25, -0.2) is 4.98 Å².